The molecule has 1 N–H and O–H groups in total. The Morgan fingerprint density at radius 3 is 2.89 bits per heavy atom. The summed E-state index contributed by atoms with van der Waals surface area (Å²) in [5.74, 6) is 0.541. The molecule has 1 aromatic heterocycles. The maximum atomic E-state index is 11.7. The highest BCUT2D eigenvalue weighted by atomic mass is 35.5. The van der Waals surface area contributed by atoms with Crippen molar-refractivity contribution in [1.29, 1.82) is 0 Å². The predicted octanol–water partition coefficient (Wildman–Crippen LogP) is 1.66. The van der Waals surface area contributed by atoms with E-state index in [1.807, 2.05) is 0 Å². The average Bonchev–Trinajstić information content (AvgIpc) is 2.40. The smallest absolute Gasteiger partial charge is 0.287 e. The molecule has 1 aromatic rings. The number of hydrogen-bond acceptors (Lipinski definition) is 4. The van der Waals surface area contributed by atoms with E-state index in [0.29, 0.717) is 11.6 Å². The first-order valence-corrected chi connectivity index (χ1v) is 6.53. The molecule has 6 heteroatoms. The number of aryl methyl sites for hydroxylation is 1. The van der Waals surface area contributed by atoms with Crippen LogP contribution in [0.2, 0.25) is 5.02 Å². The maximum absolute atomic E-state index is 11.7. The monoisotopic (exact) mass is 271 g/mol. The van der Waals surface area contributed by atoms with Crippen LogP contribution >= 0.6 is 11.6 Å². The number of nitrogens with zero attached hydrogens (tertiary/aromatic N) is 2. The molecular formula is C12H18ClN3O2. The van der Waals surface area contributed by atoms with Crippen LogP contribution in [0.4, 0.5) is 5.69 Å². The van der Waals surface area contributed by atoms with Gasteiger partial charge < -0.3 is 10.1 Å². The van der Waals surface area contributed by atoms with Crippen molar-refractivity contribution in [3.05, 3.63) is 21.6 Å². The van der Waals surface area contributed by atoms with Crippen LogP contribution in [-0.2, 0) is 11.8 Å². The van der Waals surface area contributed by atoms with E-state index in [1.165, 1.54) is 4.68 Å². The molecule has 2 heterocycles. The molecule has 2 rings (SSSR count). The van der Waals surface area contributed by atoms with Gasteiger partial charge in [0.05, 0.1) is 11.9 Å². The van der Waals surface area contributed by atoms with Gasteiger partial charge in [-0.05, 0) is 25.7 Å². The van der Waals surface area contributed by atoms with Gasteiger partial charge in [-0.1, -0.05) is 11.6 Å². The third kappa shape index (κ3) is 2.84. The van der Waals surface area contributed by atoms with Gasteiger partial charge in [-0.2, -0.15) is 5.10 Å². The Kier molecular flexibility index (Phi) is 4.24. The van der Waals surface area contributed by atoms with E-state index in [1.54, 1.807) is 13.2 Å². The van der Waals surface area contributed by atoms with Gasteiger partial charge >= 0.3 is 0 Å². The lowest BCUT2D eigenvalue weighted by atomic mass is 9.93. The predicted molar refractivity (Wildman–Crippen MR) is 71.1 cm³/mol. The number of nitrogens with one attached hydrogen (secondary N) is 1. The molecule has 0 aromatic carbocycles. The molecule has 0 aliphatic carbocycles. The van der Waals surface area contributed by atoms with Gasteiger partial charge in [0.2, 0.25) is 0 Å². The number of aromatic nitrogens is 2. The van der Waals surface area contributed by atoms with E-state index in [2.05, 4.69) is 17.3 Å². The maximum Gasteiger partial charge on any atom is 0.287 e. The summed E-state index contributed by atoms with van der Waals surface area (Å²) in [4.78, 5) is 11.7. The normalized spacial score (nSPS) is 18.6. The second kappa shape index (κ2) is 5.71. The minimum absolute atomic E-state index is 0.200. The number of anilines is 1. The molecule has 1 fully saturated rings. The van der Waals surface area contributed by atoms with Gasteiger partial charge in [-0.15, -0.1) is 0 Å². The minimum Gasteiger partial charge on any atom is -0.381 e. The number of rotatable bonds is 3. The summed E-state index contributed by atoms with van der Waals surface area (Å²) in [6, 6.07) is 0.250. The molecule has 0 bridgehead atoms. The summed E-state index contributed by atoms with van der Waals surface area (Å²) in [5, 5.41) is 7.46. The molecule has 100 valence electrons. The fourth-order valence-corrected chi connectivity index (χ4v) is 2.42. The van der Waals surface area contributed by atoms with E-state index in [9.17, 15) is 4.79 Å². The van der Waals surface area contributed by atoms with Crippen LogP contribution in [0.5, 0.6) is 0 Å². The van der Waals surface area contributed by atoms with Gasteiger partial charge in [0.1, 0.15) is 5.02 Å². The average molecular weight is 272 g/mol. The van der Waals surface area contributed by atoms with E-state index >= 15 is 0 Å². The quantitative estimate of drug-likeness (QED) is 0.908. The van der Waals surface area contributed by atoms with Crippen LogP contribution in [0, 0.1) is 5.92 Å². The molecule has 0 spiro atoms. The summed E-state index contributed by atoms with van der Waals surface area (Å²) in [6.45, 7) is 3.71. The standard InChI is InChI=1S/C12H18ClN3O2/c1-8(9-3-5-18-6-4-9)15-10-7-14-16(2)12(17)11(10)13/h7-9,15H,3-6H2,1-2H3. The van der Waals surface area contributed by atoms with E-state index in [0.717, 1.165) is 26.1 Å². The summed E-state index contributed by atoms with van der Waals surface area (Å²) in [7, 11) is 1.58. The van der Waals surface area contributed by atoms with Crippen molar-refractivity contribution in [3.8, 4) is 0 Å². The SMILES string of the molecule is CC(Nc1cnn(C)c(=O)c1Cl)C1CCOCC1. The summed E-state index contributed by atoms with van der Waals surface area (Å²) in [5.41, 5.74) is 0.333. The van der Waals surface area contributed by atoms with E-state index < -0.39 is 0 Å². The van der Waals surface area contributed by atoms with Crippen molar-refractivity contribution in [2.24, 2.45) is 13.0 Å². The zero-order valence-electron chi connectivity index (χ0n) is 10.6. The molecule has 5 nitrogen and oxygen atoms in total. The zero-order valence-corrected chi connectivity index (χ0v) is 11.4. The molecule has 1 atom stereocenters. The first-order valence-electron chi connectivity index (χ1n) is 6.15. The van der Waals surface area contributed by atoms with Crippen molar-refractivity contribution in [1.82, 2.24) is 9.78 Å². The largest absolute Gasteiger partial charge is 0.381 e. The molecular weight excluding hydrogens is 254 g/mol. The Bertz CT molecular complexity index is 469. The number of hydrogen-bond donors (Lipinski definition) is 1. The van der Waals surface area contributed by atoms with Crippen LogP contribution in [0.3, 0.4) is 0 Å². The fourth-order valence-electron chi connectivity index (χ4n) is 2.19. The van der Waals surface area contributed by atoms with Crippen molar-refractivity contribution in [2.75, 3.05) is 18.5 Å². The molecule has 1 saturated heterocycles. The van der Waals surface area contributed by atoms with Gasteiger partial charge in [-0.3, -0.25) is 4.79 Å². The van der Waals surface area contributed by atoms with Gasteiger partial charge in [0.15, 0.2) is 0 Å². The van der Waals surface area contributed by atoms with Crippen LogP contribution in [0.25, 0.3) is 0 Å². The molecule has 1 aliphatic heterocycles. The summed E-state index contributed by atoms with van der Waals surface area (Å²) >= 11 is 6.02. The van der Waals surface area contributed by atoms with Crippen molar-refractivity contribution in [2.45, 2.75) is 25.8 Å². The van der Waals surface area contributed by atoms with Crippen molar-refractivity contribution < 1.29 is 4.74 Å². The Hall–Kier alpha value is -1.07. The topological polar surface area (TPSA) is 56.2 Å². The second-order valence-electron chi connectivity index (χ2n) is 4.68. The minimum atomic E-state index is -0.277. The third-order valence-corrected chi connectivity index (χ3v) is 3.80. The summed E-state index contributed by atoms with van der Waals surface area (Å²) in [6.07, 6.45) is 3.66. The van der Waals surface area contributed by atoms with Crippen LogP contribution in [0.1, 0.15) is 19.8 Å². The Labute approximate surface area is 111 Å². The van der Waals surface area contributed by atoms with E-state index in [4.69, 9.17) is 16.3 Å². The number of ether oxygens (including phenoxy) is 1. The Morgan fingerprint density at radius 1 is 1.56 bits per heavy atom. The first-order chi connectivity index (χ1) is 8.59. The van der Waals surface area contributed by atoms with Crippen LogP contribution in [-0.4, -0.2) is 29.0 Å². The highest BCUT2D eigenvalue weighted by Gasteiger charge is 2.21. The molecule has 1 aliphatic rings. The van der Waals surface area contributed by atoms with Crippen molar-refractivity contribution >= 4 is 17.3 Å². The fraction of sp³-hybridized carbons (Fsp3) is 0.667. The second-order valence-corrected chi connectivity index (χ2v) is 5.06. The van der Waals surface area contributed by atoms with Gasteiger partial charge in [0.25, 0.3) is 5.56 Å². The highest BCUT2D eigenvalue weighted by molar-refractivity contribution is 6.32. The molecule has 18 heavy (non-hydrogen) atoms. The van der Waals surface area contributed by atoms with Crippen molar-refractivity contribution in [3.63, 3.8) is 0 Å². The lowest BCUT2D eigenvalue weighted by Gasteiger charge is -2.29. The lowest BCUT2D eigenvalue weighted by Crippen LogP contribution is -2.32. The molecule has 1 unspecified atom stereocenters. The van der Waals surface area contributed by atoms with Gasteiger partial charge in [-0.25, -0.2) is 4.68 Å². The Balaban J connectivity index is 2.09. The number of halogens is 1. The summed E-state index contributed by atoms with van der Waals surface area (Å²) < 4.78 is 6.57. The lowest BCUT2D eigenvalue weighted by molar-refractivity contribution is 0.0622. The van der Waals surface area contributed by atoms with Crippen LogP contribution in [0.15, 0.2) is 11.0 Å². The Morgan fingerprint density at radius 2 is 2.22 bits per heavy atom. The molecule has 0 saturated carbocycles. The molecule has 0 amide bonds. The first kappa shape index (κ1) is 13.4. The highest BCUT2D eigenvalue weighted by Crippen LogP contribution is 2.23. The zero-order chi connectivity index (χ0) is 13.1. The van der Waals surface area contributed by atoms with E-state index in [-0.39, 0.29) is 16.6 Å². The van der Waals surface area contributed by atoms with Crippen LogP contribution < -0.4 is 10.9 Å². The van der Waals surface area contributed by atoms with Gasteiger partial charge in [0, 0.05) is 26.3 Å². The molecule has 0 radical (unpaired) electrons. The third-order valence-electron chi connectivity index (χ3n) is 3.43.